The standard InChI is InChI=1S/C18H21FN2O/c1-14-4-2-10-20(13-14)18(22)12-17-5-3-11-21(17)16-8-6-15(19)7-9-16/h3,5-9,11,14H,2,4,10,12-13H2,1H3/t14-/m1/s1. The fourth-order valence-electron chi connectivity index (χ4n) is 3.10. The number of aromatic nitrogens is 1. The van der Waals surface area contributed by atoms with Gasteiger partial charge < -0.3 is 9.47 Å². The topological polar surface area (TPSA) is 25.2 Å². The van der Waals surface area contributed by atoms with E-state index in [9.17, 15) is 9.18 Å². The molecule has 0 bridgehead atoms. The predicted octanol–water partition coefficient (Wildman–Crippen LogP) is 3.42. The molecule has 3 rings (SSSR count). The van der Waals surface area contributed by atoms with Crippen molar-refractivity contribution in [1.82, 2.24) is 9.47 Å². The molecule has 0 spiro atoms. The fourth-order valence-corrected chi connectivity index (χ4v) is 3.10. The van der Waals surface area contributed by atoms with Crippen LogP contribution in [-0.2, 0) is 11.2 Å². The Balaban J connectivity index is 1.74. The second-order valence-electron chi connectivity index (χ2n) is 6.11. The van der Waals surface area contributed by atoms with Crippen molar-refractivity contribution in [2.45, 2.75) is 26.2 Å². The molecule has 1 fully saturated rings. The molecule has 1 amide bonds. The van der Waals surface area contributed by atoms with Crippen LogP contribution < -0.4 is 0 Å². The number of halogens is 1. The summed E-state index contributed by atoms with van der Waals surface area (Å²) in [6, 6.07) is 10.2. The summed E-state index contributed by atoms with van der Waals surface area (Å²) < 4.78 is 15.0. The van der Waals surface area contributed by atoms with Gasteiger partial charge in [-0.3, -0.25) is 4.79 Å². The molecular formula is C18H21FN2O. The molecule has 0 radical (unpaired) electrons. The molecule has 0 N–H and O–H groups in total. The van der Waals surface area contributed by atoms with Crippen LogP contribution in [0.5, 0.6) is 0 Å². The van der Waals surface area contributed by atoms with Gasteiger partial charge in [0.05, 0.1) is 6.42 Å². The molecule has 4 heteroatoms. The van der Waals surface area contributed by atoms with Crippen LogP contribution in [0.25, 0.3) is 5.69 Å². The van der Waals surface area contributed by atoms with Crippen molar-refractivity contribution in [3.63, 3.8) is 0 Å². The van der Waals surface area contributed by atoms with E-state index < -0.39 is 0 Å². The first kappa shape index (κ1) is 14.8. The molecule has 1 aromatic carbocycles. The highest BCUT2D eigenvalue weighted by Crippen LogP contribution is 2.18. The van der Waals surface area contributed by atoms with Gasteiger partial charge in [-0.05, 0) is 55.2 Å². The minimum absolute atomic E-state index is 0.175. The van der Waals surface area contributed by atoms with Gasteiger partial charge in [-0.2, -0.15) is 0 Å². The molecule has 116 valence electrons. The van der Waals surface area contributed by atoms with Crippen molar-refractivity contribution in [1.29, 1.82) is 0 Å². The van der Waals surface area contributed by atoms with Crippen LogP contribution >= 0.6 is 0 Å². The number of rotatable bonds is 3. The maximum absolute atomic E-state index is 13.0. The smallest absolute Gasteiger partial charge is 0.228 e. The summed E-state index contributed by atoms with van der Waals surface area (Å²) in [5, 5.41) is 0. The minimum atomic E-state index is -0.254. The van der Waals surface area contributed by atoms with Crippen LogP contribution in [0.15, 0.2) is 42.6 Å². The molecule has 0 saturated carbocycles. The van der Waals surface area contributed by atoms with E-state index in [0.717, 1.165) is 30.9 Å². The average Bonchev–Trinajstić information content (AvgIpc) is 2.96. The molecule has 2 aromatic rings. The number of nitrogens with zero attached hydrogens (tertiary/aromatic N) is 2. The lowest BCUT2D eigenvalue weighted by Gasteiger charge is -2.31. The van der Waals surface area contributed by atoms with E-state index in [2.05, 4.69) is 6.92 Å². The fraction of sp³-hybridized carbons (Fsp3) is 0.389. The average molecular weight is 300 g/mol. The first-order valence-corrected chi connectivity index (χ1v) is 7.83. The summed E-state index contributed by atoms with van der Waals surface area (Å²) in [6.07, 6.45) is 4.59. The second-order valence-corrected chi connectivity index (χ2v) is 6.11. The van der Waals surface area contributed by atoms with E-state index in [1.54, 1.807) is 12.1 Å². The number of benzene rings is 1. The molecule has 1 aliphatic rings. The first-order valence-electron chi connectivity index (χ1n) is 7.83. The van der Waals surface area contributed by atoms with Gasteiger partial charge in [-0.1, -0.05) is 6.92 Å². The van der Waals surface area contributed by atoms with Gasteiger partial charge >= 0.3 is 0 Å². The zero-order valence-electron chi connectivity index (χ0n) is 12.8. The van der Waals surface area contributed by atoms with E-state index in [4.69, 9.17) is 0 Å². The van der Waals surface area contributed by atoms with Crippen LogP contribution in [0.3, 0.4) is 0 Å². The Hall–Kier alpha value is -2.10. The van der Waals surface area contributed by atoms with Crippen molar-refractivity contribution < 1.29 is 9.18 Å². The summed E-state index contributed by atoms with van der Waals surface area (Å²) in [6.45, 7) is 3.91. The molecule has 0 aliphatic carbocycles. The molecule has 1 aliphatic heterocycles. The number of amides is 1. The van der Waals surface area contributed by atoms with E-state index >= 15 is 0 Å². The number of piperidine rings is 1. The van der Waals surface area contributed by atoms with Crippen molar-refractivity contribution >= 4 is 5.91 Å². The molecule has 3 nitrogen and oxygen atoms in total. The summed E-state index contributed by atoms with van der Waals surface area (Å²) in [7, 11) is 0. The van der Waals surface area contributed by atoms with E-state index in [0.29, 0.717) is 12.3 Å². The SMILES string of the molecule is C[C@@H]1CCCN(C(=O)Cc2cccn2-c2ccc(F)cc2)C1. The molecule has 2 heterocycles. The third-order valence-corrected chi connectivity index (χ3v) is 4.28. The van der Waals surface area contributed by atoms with Crippen LogP contribution in [0, 0.1) is 11.7 Å². The largest absolute Gasteiger partial charge is 0.342 e. The Bertz CT molecular complexity index is 647. The first-order chi connectivity index (χ1) is 10.6. The quantitative estimate of drug-likeness (QED) is 0.852. The molecule has 1 atom stereocenters. The zero-order valence-corrected chi connectivity index (χ0v) is 12.8. The monoisotopic (exact) mass is 300 g/mol. The minimum Gasteiger partial charge on any atom is -0.342 e. The van der Waals surface area contributed by atoms with Gasteiger partial charge in [0.15, 0.2) is 0 Å². The van der Waals surface area contributed by atoms with Crippen LogP contribution in [0.4, 0.5) is 4.39 Å². The molecule has 0 unspecified atom stereocenters. The number of carbonyl (C=O) groups excluding carboxylic acids is 1. The Morgan fingerprint density at radius 2 is 2.05 bits per heavy atom. The lowest BCUT2D eigenvalue weighted by Crippen LogP contribution is -2.40. The van der Waals surface area contributed by atoms with Crippen LogP contribution in [-0.4, -0.2) is 28.5 Å². The highest BCUT2D eigenvalue weighted by molar-refractivity contribution is 5.78. The van der Waals surface area contributed by atoms with E-state index in [1.807, 2.05) is 27.8 Å². The molecular weight excluding hydrogens is 279 g/mol. The number of hydrogen-bond donors (Lipinski definition) is 0. The zero-order chi connectivity index (χ0) is 15.5. The highest BCUT2D eigenvalue weighted by Gasteiger charge is 2.21. The summed E-state index contributed by atoms with van der Waals surface area (Å²) in [5.74, 6) is 0.506. The summed E-state index contributed by atoms with van der Waals surface area (Å²) in [4.78, 5) is 14.5. The number of likely N-dealkylation sites (tertiary alicyclic amines) is 1. The molecule has 22 heavy (non-hydrogen) atoms. The second kappa shape index (κ2) is 6.34. The van der Waals surface area contributed by atoms with E-state index in [-0.39, 0.29) is 11.7 Å². The van der Waals surface area contributed by atoms with Crippen molar-refractivity contribution in [2.24, 2.45) is 5.92 Å². The highest BCUT2D eigenvalue weighted by atomic mass is 19.1. The van der Waals surface area contributed by atoms with E-state index in [1.165, 1.54) is 18.6 Å². The Kier molecular flexibility index (Phi) is 4.27. The van der Waals surface area contributed by atoms with Crippen molar-refractivity contribution in [3.05, 3.63) is 54.1 Å². The van der Waals surface area contributed by atoms with Gasteiger partial charge in [0.25, 0.3) is 0 Å². The summed E-state index contributed by atoms with van der Waals surface area (Å²) >= 11 is 0. The van der Waals surface area contributed by atoms with Gasteiger partial charge in [-0.25, -0.2) is 4.39 Å². The Labute approximate surface area is 130 Å². The van der Waals surface area contributed by atoms with Crippen LogP contribution in [0.2, 0.25) is 0 Å². The van der Waals surface area contributed by atoms with Gasteiger partial charge in [0.2, 0.25) is 5.91 Å². The molecule has 1 saturated heterocycles. The number of hydrogen-bond acceptors (Lipinski definition) is 1. The third-order valence-electron chi connectivity index (χ3n) is 4.28. The normalized spacial score (nSPS) is 18.5. The molecule has 1 aromatic heterocycles. The lowest BCUT2D eigenvalue weighted by atomic mass is 10.00. The van der Waals surface area contributed by atoms with Crippen molar-refractivity contribution in [2.75, 3.05) is 13.1 Å². The number of carbonyl (C=O) groups is 1. The van der Waals surface area contributed by atoms with Gasteiger partial charge in [-0.15, -0.1) is 0 Å². The van der Waals surface area contributed by atoms with Gasteiger partial charge in [0, 0.05) is 30.7 Å². The third kappa shape index (κ3) is 3.21. The Morgan fingerprint density at radius 1 is 1.27 bits per heavy atom. The van der Waals surface area contributed by atoms with Gasteiger partial charge in [0.1, 0.15) is 5.82 Å². The van der Waals surface area contributed by atoms with Crippen molar-refractivity contribution in [3.8, 4) is 5.69 Å². The Morgan fingerprint density at radius 3 is 2.77 bits per heavy atom. The maximum Gasteiger partial charge on any atom is 0.228 e. The predicted molar refractivity (Wildman–Crippen MR) is 84.4 cm³/mol. The van der Waals surface area contributed by atoms with Crippen LogP contribution in [0.1, 0.15) is 25.5 Å². The lowest BCUT2D eigenvalue weighted by molar-refractivity contribution is -0.132. The summed E-state index contributed by atoms with van der Waals surface area (Å²) in [5.41, 5.74) is 1.82. The maximum atomic E-state index is 13.0.